The van der Waals surface area contributed by atoms with Crippen LogP contribution in [0.25, 0.3) is 33.5 Å². The fraction of sp³-hybridized carbons (Fsp3) is 0.222. The second-order valence-corrected chi connectivity index (χ2v) is 6.15. The molecule has 0 bridgehead atoms. The highest BCUT2D eigenvalue weighted by molar-refractivity contribution is 5.94. The van der Waals surface area contributed by atoms with Crippen molar-refractivity contribution in [3.8, 4) is 22.6 Å². The zero-order chi connectivity index (χ0) is 17.3. The average Bonchev–Trinajstić information content (AvgIpc) is 3.38. The molecule has 1 aliphatic heterocycles. The third kappa shape index (κ3) is 2.60. The van der Waals surface area contributed by atoms with Gasteiger partial charge in [-0.05, 0) is 18.2 Å². The van der Waals surface area contributed by atoms with E-state index in [0.717, 1.165) is 65.7 Å². The molecule has 0 unspecified atom stereocenters. The number of nitrogens with one attached hydrogen (secondary N) is 2. The van der Waals surface area contributed by atoms with Crippen molar-refractivity contribution in [2.45, 2.75) is 0 Å². The van der Waals surface area contributed by atoms with Gasteiger partial charge in [0.15, 0.2) is 0 Å². The minimum atomic E-state index is 0.720. The van der Waals surface area contributed by atoms with Crippen LogP contribution in [0.5, 0.6) is 0 Å². The number of morpholine rings is 1. The number of hydrogen-bond donors (Lipinski definition) is 2. The van der Waals surface area contributed by atoms with Crippen LogP contribution in [0.3, 0.4) is 0 Å². The number of aromatic nitrogens is 6. The van der Waals surface area contributed by atoms with Crippen LogP contribution in [0.4, 0.5) is 5.82 Å². The molecule has 4 aromatic rings. The Morgan fingerprint density at radius 1 is 0.962 bits per heavy atom. The summed E-state index contributed by atoms with van der Waals surface area (Å²) in [6.07, 6.45) is 3.41. The lowest BCUT2D eigenvalue weighted by Crippen LogP contribution is -2.36. The Kier molecular flexibility index (Phi) is 3.60. The van der Waals surface area contributed by atoms with Crippen LogP contribution in [0, 0.1) is 0 Å². The molecule has 8 heteroatoms. The number of nitrogens with zero attached hydrogens (tertiary/aromatic N) is 5. The molecule has 0 aliphatic carbocycles. The van der Waals surface area contributed by atoms with E-state index in [9.17, 15) is 0 Å². The molecular weight excluding hydrogens is 330 g/mol. The number of H-pyrrole nitrogens is 2. The van der Waals surface area contributed by atoms with E-state index in [1.54, 1.807) is 6.33 Å². The van der Waals surface area contributed by atoms with E-state index in [-0.39, 0.29) is 0 Å². The molecule has 4 heterocycles. The normalized spacial score (nSPS) is 14.8. The monoisotopic (exact) mass is 347 g/mol. The van der Waals surface area contributed by atoms with Crippen molar-refractivity contribution in [3.05, 3.63) is 42.9 Å². The SMILES string of the molecule is c1nc(-c2n[nH]c3ccc(-c4cc[nH]n4)cc23)cc(N2CCOCC2)n1. The van der Waals surface area contributed by atoms with Gasteiger partial charge in [0.25, 0.3) is 0 Å². The fourth-order valence-corrected chi connectivity index (χ4v) is 3.23. The maximum absolute atomic E-state index is 5.42. The van der Waals surface area contributed by atoms with Crippen molar-refractivity contribution < 1.29 is 4.74 Å². The van der Waals surface area contributed by atoms with E-state index < -0.39 is 0 Å². The van der Waals surface area contributed by atoms with Crippen molar-refractivity contribution >= 4 is 16.7 Å². The summed E-state index contributed by atoms with van der Waals surface area (Å²) in [4.78, 5) is 11.1. The molecule has 1 aliphatic rings. The zero-order valence-electron chi connectivity index (χ0n) is 14.0. The Labute approximate surface area is 149 Å². The van der Waals surface area contributed by atoms with Crippen LogP contribution >= 0.6 is 0 Å². The van der Waals surface area contributed by atoms with Crippen molar-refractivity contribution in [1.29, 1.82) is 0 Å². The van der Waals surface area contributed by atoms with Gasteiger partial charge in [0, 0.05) is 36.3 Å². The highest BCUT2D eigenvalue weighted by atomic mass is 16.5. The molecule has 0 radical (unpaired) electrons. The number of fused-ring (bicyclic) bond motifs is 1. The van der Waals surface area contributed by atoms with Crippen molar-refractivity contribution in [2.24, 2.45) is 0 Å². The molecule has 8 nitrogen and oxygen atoms in total. The largest absolute Gasteiger partial charge is 0.378 e. The first-order valence-corrected chi connectivity index (χ1v) is 8.52. The molecule has 0 amide bonds. The predicted molar refractivity (Wildman–Crippen MR) is 97.7 cm³/mol. The molecule has 0 spiro atoms. The Bertz CT molecular complexity index is 1030. The Hall–Kier alpha value is -3.26. The fourth-order valence-electron chi connectivity index (χ4n) is 3.23. The first-order chi connectivity index (χ1) is 12.9. The van der Waals surface area contributed by atoms with Crippen LogP contribution in [0.15, 0.2) is 42.9 Å². The quantitative estimate of drug-likeness (QED) is 0.590. The summed E-state index contributed by atoms with van der Waals surface area (Å²) in [6, 6.07) is 10.1. The van der Waals surface area contributed by atoms with Crippen LogP contribution < -0.4 is 4.90 Å². The topological polar surface area (TPSA) is 95.6 Å². The van der Waals surface area contributed by atoms with Gasteiger partial charge in [0.1, 0.15) is 17.8 Å². The molecule has 2 N–H and O–H groups in total. The van der Waals surface area contributed by atoms with Gasteiger partial charge in [-0.15, -0.1) is 0 Å². The summed E-state index contributed by atoms with van der Waals surface area (Å²) in [6.45, 7) is 3.11. The van der Waals surface area contributed by atoms with Gasteiger partial charge in [0.2, 0.25) is 0 Å². The van der Waals surface area contributed by atoms with Gasteiger partial charge in [-0.3, -0.25) is 10.2 Å². The van der Waals surface area contributed by atoms with Gasteiger partial charge >= 0.3 is 0 Å². The van der Waals surface area contributed by atoms with Crippen molar-refractivity contribution in [3.63, 3.8) is 0 Å². The number of anilines is 1. The van der Waals surface area contributed by atoms with Crippen LogP contribution in [0.2, 0.25) is 0 Å². The molecular formula is C18H17N7O. The smallest absolute Gasteiger partial charge is 0.132 e. The van der Waals surface area contributed by atoms with Gasteiger partial charge in [-0.2, -0.15) is 10.2 Å². The van der Waals surface area contributed by atoms with E-state index in [2.05, 4.69) is 41.3 Å². The van der Waals surface area contributed by atoms with E-state index in [1.807, 2.05) is 30.5 Å². The maximum Gasteiger partial charge on any atom is 0.132 e. The van der Waals surface area contributed by atoms with Crippen LogP contribution in [-0.2, 0) is 4.74 Å². The molecule has 26 heavy (non-hydrogen) atoms. The first kappa shape index (κ1) is 15.0. The lowest BCUT2D eigenvalue weighted by atomic mass is 10.1. The van der Waals surface area contributed by atoms with E-state index >= 15 is 0 Å². The summed E-state index contributed by atoms with van der Waals surface area (Å²) in [5.74, 6) is 0.901. The minimum Gasteiger partial charge on any atom is -0.378 e. The number of rotatable bonds is 3. The summed E-state index contributed by atoms with van der Waals surface area (Å²) in [5.41, 5.74) is 4.51. The number of hydrogen-bond acceptors (Lipinski definition) is 6. The van der Waals surface area contributed by atoms with E-state index in [0.29, 0.717) is 0 Å². The molecule has 5 rings (SSSR count). The number of ether oxygens (including phenoxy) is 1. The maximum atomic E-state index is 5.42. The Morgan fingerprint density at radius 3 is 2.73 bits per heavy atom. The lowest BCUT2D eigenvalue weighted by molar-refractivity contribution is 0.122. The minimum absolute atomic E-state index is 0.720. The number of benzene rings is 1. The summed E-state index contributed by atoms with van der Waals surface area (Å²) in [7, 11) is 0. The van der Waals surface area contributed by atoms with Gasteiger partial charge in [-0.1, -0.05) is 6.07 Å². The standard InChI is InChI=1S/C18H17N7O/c1-2-15-13(9-12(1)14-3-4-21-22-14)18(24-23-15)16-10-17(20-11-19-16)25-5-7-26-8-6-25/h1-4,9-11H,5-8H2,(H,21,22)(H,23,24). The summed E-state index contributed by atoms with van der Waals surface area (Å²) in [5, 5.41) is 15.7. The Balaban J connectivity index is 1.57. The van der Waals surface area contributed by atoms with Gasteiger partial charge in [-0.25, -0.2) is 9.97 Å². The number of aromatic amines is 2. The molecule has 3 aromatic heterocycles. The predicted octanol–water partition coefficient (Wildman–Crippen LogP) is 2.25. The average molecular weight is 347 g/mol. The third-order valence-electron chi connectivity index (χ3n) is 4.59. The summed E-state index contributed by atoms with van der Waals surface area (Å²) >= 11 is 0. The first-order valence-electron chi connectivity index (χ1n) is 8.52. The Morgan fingerprint density at radius 2 is 1.88 bits per heavy atom. The second kappa shape index (κ2) is 6.23. The molecule has 1 aromatic carbocycles. The lowest BCUT2D eigenvalue weighted by Gasteiger charge is -2.27. The highest BCUT2D eigenvalue weighted by Gasteiger charge is 2.16. The molecule has 1 fully saturated rings. The van der Waals surface area contributed by atoms with Crippen LogP contribution in [0.1, 0.15) is 0 Å². The highest BCUT2D eigenvalue weighted by Crippen LogP contribution is 2.30. The molecule has 0 saturated carbocycles. The van der Waals surface area contributed by atoms with E-state index in [1.165, 1.54) is 0 Å². The van der Waals surface area contributed by atoms with Gasteiger partial charge < -0.3 is 9.64 Å². The molecule has 1 saturated heterocycles. The zero-order valence-corrected chi connectivity index (χ0v) is 14.0. The summed E-state index contributed by atoms with van der Waals surface area (Å²) < 4.78 is 5.42. The molecule has 0 atom stereocenters. The van der Waals surface area contributed by atoms with Crippen molar-refractivity contribution in [1.82, 2.24) is 30.4 Å². The second-order valence-electron chi connectivity index (χ2n) is 6.15. The van der Waals surface area contributed by atoms with Gasteiger partial charge in [0.05, 0.1) is 30.1 Å². The van der Waals surface area contributed by atoms with Crippen molar-refractivity contribution in [2.75, 3.05) is 31.2 Å². The third-order valence-corrected chi connectivity index (χ3v) is 4.59. The van der Waals surface area contributed by atoms with Crippen LogP contribution in [-0.4, -0.2) is 56.7 Å². The van der Waals surface area contributed by atoms with E-state index in [4.69, 9.17) is 4.74 Å². The molecule has 130 valence electrons.